The molecule has 0 atom stereocenters. The summed E-state index contributed by atoms with van der Waals surface area (Å²) in [4.78, 5) is 21.0. The molecule has 6 nitrogen and oxygen atoms in total. The molecule has 3 aromatic rings. The van der Waals surface area contributed by atoms with E-state index >= 15 is 0 Å². The van der Waals surface area contributed by atoms with E-state index in [1.807, 2.05) is 41.4 Å². The van der Waals surface area contributed by atoms with Gasteiger partial charge >= 0.3 is 0 Å². The predicted octanol–water partition coefficient (Wildman–Crippen LogP) is 2.11. The summed E-state index contributed by atoms with van der Waals surface area (Å²) in [5.74, 6) is 0.111. The van der Waals surface area contributed by atoms with E-state index in [9.17, 15) is 4.79 Å². The topological polar surface area (TPSA) is 62.5 Å². The number of carbonyl (C=O) groups is 1. The molecule has 6 heteroatoms. The van der Waals surface area contributed by atoms with E-state index < -0.39 is 0 Å². The number of hydrogen-bond acceptors (Lipinski definition) is 5. The molecule has 1 aliphatic heterocycles. The van der Waals surface area contributed by atoms with Crippen LogP contribution in [0.5, 0.6) is 0 Å². The zero-order valence-corrected chi connectivity index (χ0v) is 14.0. The van der Waals surface area contributed by atoms with Gasteiger partial charge in [-0.2, -0.15) is 0 Å². The van der Waals surface area contributed by atoms with Gasteiger partial charge in [0.2, 0.25) is 5.91 Å². The largest absolute Gasteiger partial charge is 0.356 e. The van der Waals surface area contributed by atoms with Gasteiger partial charge in [0.05, 0.1) is 6.42 Å². The van der Waals surface area contributed by atoms with E-state index in [1.165, 1.54) is 5.56 Å². The number of fused-ring (bicyclic) bond motifs is 1. The van der Waals surface area contributed by atoms with Crippen molar-refractivity contribution in [1.82, 2.24) is 19.9 Å². The number of nitrogens with zero attached hydrogens (tertiary/aromatic N) is 4. The molecule has 0 aliphatic carbocycles. The molecule has 1 amide bonds. The Balaban J connectivity index is 1.33. The molecule has 1 aromatic carbocycles. The fourth-order valence-electron chi connectivity index (χ4n) is 3.23. The minimum absolute atomic E-state index is 0.111. The van der Waals surface area contributed by atoms with Crippen LogP contribution < -0.4 is 0 Å². The summed E-state index contributed by atoms with van der Waals surface area (Å²) in [6.07, 6.45) is 3.97. The maximum absolute atomic E-state index is 12.6. The summed E-state index contributed by atoms with van der Waals surface area (Å²) in [6, 6.07) is 11.7. The van der Waals surface area contributed by atoms with Crippen molar-refractivity contribution in [2.45, 2.75) is 13.0 Å². The lowest BCUT2D eigenvalue weighted by Gasteiger charge is -2.34. The van der Waals surface area contributed by atoms with Gasteiger partial charge in [0.1, 0.15) is 5.69 Å². The first-order chi connectivity index (χ1) is 12.3. The van der Waals surface area contributed by atoms with Crippen molar-refractivity contribution in [2.75, 3.05) is 26.2 Å². The monoisotopic (exact) mass is 336 g/mol. The van der Waals surface area contributed by atoms with Crippen LogP contribution in [0.1, 0.15) is 11.3 Å². The SMILES string of the molecule is O=C(Cc1noc2ccccc12)N1CCN(Cc2cccnc2)CC1. The quantitative estimate of drug-likeness (QED) is 0.730. The van der Waals surface area contributed by atoms with Crippen LogP contribution in [-0.2, 0) is 17.8 Å². The van der Waals surface area contributed by atoms with Gasteiger partial charge in [0, 0.05) is 50.5 Å². The highest BCUT2D eigenvalue weighted by atomic mass is 16.5. The van der Waals surface area contributed by atoms with E-state index in [0.29, 0.717) is 6.42 Å². The van der Waals surface area contributed by atoms with Crippen molar-refractivity contribution in [3.63, 3.8) is 0 Å². The third kappa shape index (κ3) is 3.53. The van der Waals surface area contributed by atoms with Crippen molar-refractivity contribution in [3.8, 4) is 0 Å². The number of piperazine rings is 1. The molecule has 0 unspecified atom stereocenters. The summed E-state index contributed by atoms with van der Waals surface area (Å²) in [5, 5.41) is 4.98. The maximum atomic E-state index is 12.6. The summed E-state index contributed by atoms with van der Waals surface area (Å²) in [7, 11) is 0. The first kappa shape index (κ1) is 15.8. The molecule has 3 heterocycles. The Morgan fingerprint density at radius 1 is 1.08 bits per heavy atom. The van der Waals surface area contributed by atoms with E-state index in [0.717, 1.165) is 49.4 Å². The number of benzene rings is 1. The molecule has 1 fully saturated rings. The zero-order chi connectivity index (χ0) is 17.1. The molecule has 0 radical (unpaired) electrons. The van der Waals surface area contributed by atoms with Gasteiger partial charge in [-0.3, -0.25) is 14.7 Å². The molecule has 1 saturated heterocycles. The van der Waals surface area contributed by atoms with E-state index in [4.69, 9.17) is 4.52 Å². The normalized spacial score (nSPS) is 15.6. The van der Waals surface area contributed by atoms with Crippen LogP contribution in [0.2, 0.25) is 0 Å². The second kappa shape index (κ2) is 7.03. The zero-order valence-electron chi connectivity index (χ0n) is 14.0. The molecule has 0 N–H and O–H groups in total. The van der Waals surface area contributed by atoms with Crippen LogP contribution in [0.4, 0.5) is 0 Å². The molecule has 0 spiro atoms. The molecule has 0 bridgehead atoms. The number of pyridine rings is 1. The molecule has 1 aliphatic rings. The molecule has 25 heavy (non-hydrogen) atoms. The molecule has 0 saturated carbocycles. The van der Waals surface area contributed by atoms with Gasteiger partial charge in [0.25, 0.3) is 0 Å². The summed E-state index contributed by atoms with van der Waals surface area (Å²) >= 11 is 0. The molecular weight excluding hydrogens is 316 g/mol. The minimum Gasteiger partial charge on any atom is -0.356 e. The summed E-state index contributed by atoms with van der Waals surface area (Å²) in [6.45, 7) is 4.12. The van der Waals surface area contributed by atoms with E-state index in [2.05, 4.69) is 21.1 Å². The Morgan fingerprint density at radius 3 is 2.72 bits per heavy atom. The van der Waals surface area contributed by atoms with Gasteiger partial charge < -0.3 is 9.42 Å². The standard InChI is InChI=1S/C19H20N4O2/c24-19(12-17-16-5-1-2-6-18(16)25-21-17)23-10-8-22(9-11-23)14-15-4-3-7-20-13-15/h1-7,13H,8-12,14H2. The molecule has 128 valence electrons. The van der Waals surface area contributed by atoms with Crippen LogP contribution in [-0.4, -0.2) is 52.0 Å². The van der Waals surface area contributed by atoms with Crippen LogP contribution in [0, 0.1) is 0 Å². The Kier molecular flexibility index (Phi) is 4.43. The number of carbonyl (C=O) groups excluding carboxylic acids is 1. The van der Waals surface area contributed by atoms with Gasteiger partial charge in [0.15, 0.2) is 5.58 Å². The number of rotatable bonds is 4. The number of hydrogen-bond donors (Lipinski definition) is 0. The summed E-state index contributed by atoms with van der Waals surface area (Å²) < 4.78 is 5.29. The average molecular weight is 336 g/mol. The lowest BCUT2D eigenvalue weighted by Crippen LogP contribution is -2.48. The smallest absolute Gasteiger partial charge is 0.228 e. The average Bonchev–Trinajstić information content (AvgIpc) is 3.06. The van der Waals surface area contributed by atoms with Crippen molar-refractivity contribution < 1.29 is 9.32 Å². The highest BCUT2D eigenvalue weighted by molar-refractivity contribution is 5.86. The second-order valence-corrected chi connectivity index (χ2v) is 6.32. The Labute approximate surface area is 146 Å². The number of aromatic nitrogens is 2. The van der Waals surface area contributed by atoms with E-state index in [-0.39, 0.29) is 5.91 Å². The molecular formula is C19H20N4O2. The lowest BCUT2D eigenvalue weighted by atomic mass is 10.1. The fraction of sp³-hybridized carbons (Fsp3) is 0.316. The predicted molar refractivity (Wildman–Crippen MR) is 93.8 cm³/mol. The van der Waals surface area contributed by atoms with Crippen molar-refractivity contribution >= 4 is 16.9 Å². The highest BCUT2D eigenvalue weighted by Crippen LogP contribution is 2.19. The van der Waals surface area contributed by atoms with Gasteiger partial charge in [-0.15, -0.1) is 0 Å². The van der Waals surface area contributed by atoms with Crippen molar-refractivity contribution in [1.29, 1.82) is 0 Å². The lowest BCUT2D eigenvalue weighted by molar-refractivity contribution is -0.132. The third-order valence-corrected chi connectivity index (χ3v) is 4.62. The number of para-hydroxylation sites is 1. The van der Waals surface area contributed by atoms with Gasteiger partial charge in [-0.05, 0) is 23.8 Å². The first-order valence-corrected chi connectivity index (χ1v) is 8.52. The minimum atomic E-state index is 0.111. The van der Waals surface area contributed by atoms with Crippen molar-refractivity contribution in [3.05, 3.63) is 60.0 Å². The first-order valence-electron chi connectivity index (χ1n) is 8.52. The number of amides is 1. The van der Waals surface area contributed by atoms with E-state index in [1.54, 1.807) is 6.20 Å². The van der Waals surface area contributed by atoms with Crippen LogP contribution >= 0.6 is 0 Å². The van der Waals surface area contributed by atoms with Crippen molar-refractivity contribution in [2.24, 2.45) is 0 Å². The fourth-order valence-corrected chi connectivity index (χ4v) is 3.23. The Bertz CT molecular complexity index is 854. The Morgan fingerprint density at radius 2 is 1.92 bits per heavy atom. The van der Waals surface area contributed by atoms with Crippen LogP contribution in [0.25, 0.3) is 11.0 Å². The summed E-state index contributed by atoms with van der Waals surface area (Å²) in [5.41, 5.74) is 2.65. The third-order valence-electron chi connectivity index (χ3n) is 4.62. The highest BCUT2D eigenvalue weighted by Gasteiger charge is 2.22. The van der Waals surface area contributed by atoms with Crippen LogP contribution in [0.3, 0.4) is 0 Å². The Hall–Kier alpha value is -2.73. The second-order valence-electron chi connectivity index (χ2n) is 6.32. The maximum Gasteiger partial charge on any atom is 0.228 e. The van der Waals surface area contributed by atoms with Gasteiger partial charge in [-0.1, -0.05) is 23.4 Å². The van der Waals surface area contributed by atoms with Crippen LogP contribution in [0.15, 0.2) is 53.3 Å². The van der Waals surface area contributed by atoms with Gasteiger partial charge in [-0.25, -0.2) is 0 Å². The molecule has 2 aromatic heterocycles. The molecule has 4 rings (SSSR count).